The highest BCUT2D eigenvalue weighted by atomic mass is 16.3. The normalized spacial score (nSPS) is 26.9. The van der Waals surface area contributed by atoms with Crippen LogP contribution in [0.1, 0.15) is 50.0 Å². The Morgan fingerprint density at radius 2 is 2.25 bits per heavy atom. The van der Waals surface area contributed by atoms with Gasteiger partial charge < -0.3 is 5.11 Å². The van der Waals surface area contributed by atoms with Crippen molar-refractivity contribution in [2.24, 2.45) is 11.8 Å². The van der Waals surface area contributed by atoms with Crippen molar-refractivity contribution in [2.75, 3.05) is 0 Å². The van der Waals surface area contributed by atoms with Crippen LogP contribution in [0.25, 0.3) is 0 Å². The van der Waals surface area contributed by atoms with Crippen molar-refractivity contribution in [1.29, 1.82) is 0 Å². The Bertz CT molecular complexity index is 333. The summed E-state index contributed by atoms with van der Waals surface area (Å²) in [7, 11) is 0. The summed E-state index contributed by atoms with van der Waals surface area (Å²) in [4.78, 5) is 4.25. The van der Waals surface area contributed by atoms with E-state index < -0.39 is 0 Å². The van der Waals surface area contributed by atoms with E-state index in [9.17, 15) is 5.11 Å². The second-order valence-corrected chi connectivity index (χ2v) is 5.03. The molecular weight excluding hydrogens is 198 g/mol. The first kappa shape index (κ1) is 11.6. The van der Waals surface area contributed by atoms with Crippen LogP contribution >= 0.6 is 0 Å². The minimum atomic E-state index is -0.315. The molecule has 0 spiro atoms. The predicted octanol–water partition coefficient (Wildman–Crippen LogP) is 3.25. The van der Waals surface area contributed by atoms with Gasteiger partial charge in [0.05, 0.1) is 6.10 Å². The molecule has 2 nitrogen and oxygen atoms in total. The summed E-state index contributed by atoms with van der Waals surface area (Å²) >= 11 is 0. The Balaban J connectivity index is 2.02. The Labute approximate surface area is 97.7 Å². The Kier molecular flexibility index (Phi) is 3.59. The maximum atomic E-state index is 10.3. The number of aromatic nitrogens is 1. The molecule has 3 unspecified atom stereocenters. The fraction of sp³-hybridized carbons (Fsp3) is 0.643. The number of hydrogen-bond donors (Lipinski definition) is 1. The quantitative estimate of drug-likeness (QED) is 0.846. The lowest BCUT2D eigenvalue weighted by Gasteiger charge is -2.18. The smallest absolute Gasteiger partial charge is 0.0833 e. The van der Waals surface area contributed by atoms with Gasteiger partial charge in [-0.3, -0.25) is 4.98 Å². The minimum Gasteiger partial charge on any atom is -0.388 e. The Hall–Kier alpha value is -0.890. The fourth-order valence-electron chi connectivity index (χ4n) is 2.70. The van der Waals surface area contributed by atoms with Gasteiger partial charge in [0.25, 0.3) is 0 Å². The van der Waals surface area contributed by atoms with Crippen LogP contribution in [-0.2, 0) is 0 Å². The number of nitrogens with zero attached hydrogens (tertiary/aromatic N) is 1. The van der Waals surface area contributed by atoms with E-state index >= 15 is 0 Å². The van der Waals surface area contributed by atoms with Crippen molar-refractivity contribution in [3.63, 3.8) is 0 Å². The molecule has 0 radical (unpaired) electrons. The van der Waals surface area contributed by atoms with Crippen LogP contribution < -0.4 is 0 Å². The predicted molar refractivity (Wildman–Crippen MR) is 65.1 cm³/mol. The minimum absolute atomic E-state index is 0.315. The van der Waals surface area contributed by atoms with Gasteiger partial charge in [-0.2, -0.15) is 0 Å². The molecule has 88 valence electrons. The third-order valence-electron chi connectivity index (χ3n) is 3.88. The van der Waals surface area contributed by atoms with E-state index in [2.05, 4.69) is 11.9 Å². The average molecular weight is 219 g/mol. The first-order chi connectivity index (χ1) is 7.70. The van der Waals surface area contributed by atoms with Crippen LogP contribution in [0.2, 0.25) is 0 Å². The first-order valence-electron chi connectivity index (χ1n) is 6.31. The molecule has 0 bridgehead atoms. The van der Waals surface area contributed by atoms with Gasteiger partial charge in [0.2, 0.25) is 0 Å². The van der Waals surface area contributed by atoms with Gasteiger partial charge >= 0.3 is 0 Å². The van der Waals surface area contributed by atoms with E-state index in [1.807, 2.05) is 25.3 Å². The summed E-state index contributed by atoms with van der Waals surface area (Å²) in [5, 5.41) is 10.3. The fourth-order valence-corrected chi connectivity index (χ4v) is 2.70. The molecule has 1 N–H and O–H groups in total. The monoisotopic (exact) mass is 219 g/mol. The van der Waals surface area contributed by atoms with Crippen molar-refractivity contribution in [3.05, 3.63) is 29.6 Å². The lowest BCUT2D eigenvalue weighted by atomic mass is 9.94. The molecule has 0 amide bonds. The standard InChI is InChI=1S/C14H21NO/c1-3-11-5-7-12(8-11)14(16)13-6-4-10(2)15-9-13/h4,6,9,11-12,14,16H,3,5,7-8H2,1-2H3. The number of hydrogen-bond acceptors (Lipinski definition) is 2. The number of pyridine rings is 1. The molecular formula is C14H21NO. The van der Waals surface area contributed by atoms with E-state index in [1.165, 1.54) is 19.3 Å². The number of rotatable bonds is 3. The summed E-state index contributed by atoms with van der Waals surface area (Å²) in [6.45, 7) is 4.21. The third-order valence-corrected chi connectivity index (χ3v) is 3.88. The molecule has 1 aliphatic rings. The van der Waals surface area contributed by atoms with Crippen molar-refractivity contribution < 1.29 is 5.11 Å². The van der Waals surface area contributed by atoms with Crippen LogP contribution in [0, 0.1) is 18.8 Å². The van der Waals surface area contributed by atoms with Crippen LogP contribution in [-0.4, -0.2) is 10.1 Å². The highest BCUT2D eigenvalue weighted by molar-refractivity contribution is 5.16. The molecule has 2 rings (SSSR count). The first-order valence-corrected chi connectivity index (χ1v) is 6.31. The molecule has 0 saturated heterocycles. The van der Waals surface area contributed by atoms with Crippen LogP contribution in [0.4, 0.5) is 0 Å². The summed E-state index contributed by atoms with van der Waals surface area (Å²) in [5.74, 6) is 1.26. The van der Waals surface area contributed by atoms with E-state index in [0.717, 1.165) is 23.6 Å². The summed E-state index contributed by atoms with van der Waals surface area (Å²) in [6, 6.07) is 3.98. The molecule has 1 heterocycles. The zero-order valence-corrected chi connectivity index (χ0v) is 10.2. The van der Waals surface area contributed by atoms with E-state index in [1.54, 1.807) is 0 Å². The van der Waals surface area contributed by atoms with Gasteiger partial charge in [0.1, 0.15) is 0 Å². The molecule has 1 aliphatic carbocycles. The second kappa shape index (κ2) is 4.96. The van der Waals surface area contributed by atoms with Crippen molar-refractivity contribution in [3.8, 4) is 0 Å². The molecule has 1 fully saturated rings. The van der Waals surface area contributed by atoms with Crippen LogP contribution in [0.3, 0.4) is 0 Å². The zero-order valence-electron chi connectivity index (χ0n) is 10.2. The maximum absolute atomic E-state index is 10.3. The molecule has 1 aromatic rings. The summed E-state index contributed by atoms with van der Waals surface area (Å²) < 4.78 is 0. The van der Waals surface area contributed by atoms with Crippen LogP contribution in [0.5, 0.6) is 0 Å². The summed E-state index contributed by atoms with van der Waals surface area (Å²) in [5.41, 5.74) is 1.99. The Morgan fingerprint density at radius 3 is 2.81 bits per heavy atom. The lowest BCUT2D eigenvalue weighted by Crippen LogP contribution is -2.10. The topological polar surface area (TPSA) is 33.1 Å². The molecule has 1 saturated carbocycles. The highest BCUT2D eigenvalue weighted by Crippen LogP contribution is 2.40. The number of aliphatic hydroxyl groups is 1. The van der Waals surface area contributed by atoms with Crippen LogP contribution in [0.15, 0.2) is 18.3 Å². The maximum Gasteiger partial charge on any atom is 0.0833 e. The van der Waals surface area contributed by atoms with Gasteiger partial charge in [0.15, 0.2) is 0 Å². The molecule has 0 aliphatic heterocycles. The molecule has 3 atom stereocenters. The van der Waals surface area contributed by atoms with Gasteiger partial charge in [-0.1, -0.05) is 25.8 Å². The van der Waals surface area contributed by atoms with Gasteiger partial charge in [-0.25, -0.2) is 0 Å². The lowest BCUT2D eigenvalue weighted by molar-refractivity contribution is 0.109. The number of aliphatic hydroxyl groups excluding tert-OH is 1. The van der Waals surface area contributed by atoms with Gasteiger partial charge in [-0.05, 0) is 43.2 Å². The average Bonchev–Trinajstić information content (AvgIpc) is 2.77. The molecule has 16 heavy (non-hydrogen) atoms. The third kappa shape index (κ3) is 2.43. The molecule has 2 heteroatoms. The van der Waals surface area contributed by atoms with E-state index in [4.69, 9.17) is 0 Å². The summed E-state index contributed by atoms with van der Waals surface area (Å²) in [6.07, 6.45) is 6.36. The largest absolute Gasteiger partial charge is 0.388 e. The van der Waals surface area contributed by atoms with Crippen molar-refractivity contribution in [1.82, 2.24) is 4.98 Å². The Morgan fingerprint density at radius 1 is 1.44 bits per heavy atom. The second-order valence-electron chi connectivity index (χ2n) is 5.03. The van der Waals surface area contributed by atoms with Gasteiger partial charge in [0, 0.05) is 11.9 Å². The number of aryl methyl sites for hydroxylation is 1. The van der Waals surface area contributed by atoms with E-state index in [0.29, 0.717) is 5.92 Å². The van der Waals surface area contributed by atoms with Crippen molar-refractivity contribution >= 4 is 0 Å². The molecule has 0 aromatic carbocycles. The highest BCUT2D eigenvalue weighted by Gasteiger charge is 2.29. The molecule has 1 aromatic heterocycles. The van der Waals surface area contributed by atoms with Crippen molar-refractivity contribution in [2.45, 2.75) is 45.6 Å². The van der Waals surface area contributed by atoms with Gasteiger partial charge in [-0.15, -0.1) is 0 Å². The zero-order chi connectivity index (χ0) is 11.5. The van der Waals surface area contributed by atoms with E-state index in [-0.39, 0.29) is 6.10 Å². The SMILES string of the molecule is CCC1CCC(C(O)c2ccc(C)nc2)C1.